The smallest absolute Gasteiger partial charge is 0.341 e. The van der Waals surface area contributed by atoms with Crippen LogP contribution >= 0.6 is 11.3 Å². The lowest BCUT2D eigenvalue weighted by molar-refractivity contribution is 0.0601. The molecule has 5 rings (SSSR count). The van der Waals surface area contributed by atoms with Crippen molar-refractivity contribution in [1.29, 1.82) is 5.41 Å². The Morgan fingerprint density at radius 1 is 1.19 bits per heavy atom. The van der Waals surface area contributed by atoms with Crippen LogP contribution in [0.15, 0.2) is 46.9 Å². The molecule has 6 nitrogen and oxygen atoms in total. The predicted molar refractivity (Wildman–Crippen MR) is 124 cm³/mol. The van der Waals surface area contributed by atoms with Gasteiger partial charge in [0, 0.05) is 10.3 Å². The lowest BCUT2D eigenvalue weighted by Crippen LogP contribution is -2.21. The van der Waals surface area contributed by atoms with Gasteiger partial charge in [-0.05, 0) is 53.6 Å². The highest BCUT2D eigenvalue weighted by atomic mass is 32.1. The first-order chi connectivity index (χ1) is 15.5. The Morgan fingerprint density at radius 3 is 2.81 bits per heavy atom. The second kappa shape index (κ2) is 7.91. The molecule has 0 bridgehead atoms. The maximum Gasteiger partial charge on any atom is 0.341 e. The molecule has 4 aromatic rings. The summed E-state index contributed by atoms with van der Waals surface area (Å²) in [6.07, 6.45) is 2.66. The number of fused-ring (bicyclic) bond motifs is 4. The van der Waals surface area contributed by atoms with E-state index in [4.69, 9.17) is 14.6 Å². The van der Waals surface area contributed by atoms with Crippen molar-refractivity contribution in [2.75, 3.05) is 12.4 Å². The van der Waals surface area contributed by atoms with Gasteiger partial charge in [-0.2, -0.15) is 0 Å². The minimum atomic E-state index is -0.481. The fraction of sp³-hybridized carbons (Fsp3) is 0.240. The van der Waals surface area contributed by atoms with E-state index in [9.17, 15) is 9.59 Å². The first kappa shape index (κ1) is 20.5. The molecule has 2 aromatic heterocycles. The maximum absolute atomic E-state index is 13.2. The van der Waals surface area contributed by atoms with Crippen molar-refractivity contribution < 1.29 is 18.7 Å². The van der Waals surface area contributed by atoms with E-state index < -0.39 is 11.9 Å². The van der Waals surface area contributed by atoms with Crippen LogP contribution in [-0.2, 0) is 17.6 Å². The third-order valence-corrected chi connectivity index (χ3v) is 7.22. The van der Waals surface area contributed by atoms with Crippen LogP contribution < -0.4 is 10.9 Å². The number of anilines is 1. The Morgan fingerprint density at radius 2 is 2.00 bits per heavy atom. The van der Waals surface area contributed by atoms with Crippen molar-refractivity contribution in [2.24, 2.45) is 5.92 Å². The number of esters is 1. The van der Waals surface area contributed by atoms with Gasteiger partial charge < -0.3 is 14.5 Å². The van der Waals surface area contributed by atoms with Gasteiger partial charge in [-0.25, -0.2) is 4.79 Å². The maximum atomic E-state index is 13.2. The molecular weight excluding hydrogens is 424 g/mol. The monoisotopic (exact) mass is 446 g/mol. The van der Waals surface area contributed by atoms with Gasteiger partial charge in [0.05, 0.1) is 12.7 Å². The average Bonchev–Trinajstić information content (AvgIpc) is 3.14. The summed E-state index contributed by atoms with van der Waals surface area (Å²) in [4.78, 5) is 26.9. The molecule has 1 unspecified atom stereocenters. The number of rotatable bonds is 3. The molecule has 2 heterocycles. The van der Waals surface area contributed by atoms with E-state index in [0.29, 0.717) is 22.1 Å². The minimum absolute atomic E-state index is 0.115. The van der Waals surface area contributed by atoms with Crippen LogP contribution in [0.5, 0.6) is 0 Å². The normalized spacial score (nSPS) is 15.5. The van der Waals surface area contributed by atoms with Crippen LogP contribution in [0.2, 0.25) is 0 Å². The van der Waals surface area contributed by atoms with Gasteiger partial charge in [-0.15, -0.1) is 11.3 Å². The van der Waals surface area contributed by atoms with Crippen LogP contribution in [0.1, 0.15) is 44.5 Å². The minimum Gasteiger partial charge on any atom is -0.465 e. The highest BCUT2D eigenvalue weighted by Gasteiger charge is 2.29. The summed E-state index contributed by atoms with van der Waals surface area (Å²) < 4.78 is 10.7. The molecule has 0 radical (unpaired) electrons. The zero-order valence-electron chi connectivity index (χ0n) is 17.8. The van der Waals surface area contributed by atoms with E-state index >= 15 is 0 Å². The summed E-state index contributed by atoms with van der Waals surface area (Å²) in [7, 11) is 1.35. The van der Waals surface area contributed by atoms with E-state index in [-0.39, 0.29) is 11.1 Å². The van der Waals surface area contributed by atoms with Gasteiger partial charge in [0.25, 0.3) is 5.91 Å². The molecule has 0 aliphatic heterocycles. The van der Waals surface area contributed by atoms with E-state index in [1.54, 1.807) is 12.1 Å². The number of benzene rings is 2. The first-order valence-electron chi connectivity index (χ1n) is 10.5. The van der Waals surface area contributed by atoms with Gasteiger partial charge in [0.15, 0.2) is 0 Å². The van der Waals surface area contributed by atoms with Crippen LogP contribution in [-0.4, -0.2) is 19.0 Å². The molecule has 1 aliphatic carbocycles. The second-order valence-electron chi connectivity index (χ2n) is 8.19. The highest BCUT2D eigenvalue weighted by Crippen LogP contribution is 2.40. The lowest BCUT2D eigenvalue weighted by Gasteiger charge is -2.18. The van der Waals surface area contributed by atoms with Crippen molar-refractivity contribution in [2.45, 2.75) is 26.2 Å². The molecule has 1 amide bonds. The summed E-state index contributed by atoms with van der Waals surface area (Å²) in [6.45, 7) is 2.19. The standard InChI is InChI=1S/C25H22N2O4S/c1-13-7-9-16-20(11-13)32-24(21(16)25(29)30-2)27-23(28)18-12-17-15-6-4-3-5-14(15)8-10-19(17)31-22(18)26/h3-6,8,10,12-13,26H,7,9,11H2,1-2H3,(H,27,28). The summed E-state index contributed by atoms with van der Waals surface area (Å²) in [5, 5.41) is 14.3. The molecular formula is C25H22N2O4S. The Labute approximate surface area is 188 Å². The largest absolute Gasteiger partial charge is 0.465 e. The number of hydrogen-bond acceptors (Lipinski definition) is 6. The molecule has 2 N–H and O–H groups in total. The Bertz CT molecular complexity index is 1450. The van der Waals surface area contributed by atoms with E-state index in [0.717, 1.165) is 45.9 Å². The highest BCUT2D eigenvalue weighted by molar-refractivity contribution is 7.17. The first-order valence-corrected chi connectivity index (χ1v) is 11.3. The number of carbonyl (C=O) groups is 2. The summed E-state index contributed by atoms with van der Waals surface area (Å²) in [5.74, 6) is -0.402. The number of carbonyl (C=O) groups excluding carboxylic acids is 2. The van der Waals surface area contributed by atoms with E-state index in [1.807, 2.05) is 30.3 Å². The van der Waals surface area contributed by atoms with Crippen molar-refractivity contribution >= 4 is 50.0 Å². The number of hydrogen-bond donors (Lipinski definition) is 2. The molecule has 0 fully saturated rings. The van der Waals surface area contributed by atoms with Crippen LogP contribution in [0.25, 0.3) is 21.7 Å². The van der Waals surface area contributed by atoms with Crippen LogP contribution in [0.4, 0.5) is 5.00 Å². The number of ether oxygens (including phenoxy) is 1. The zero-order valence-corrected chi connectivity index (χ0v) is 18.6. The molecule has 162 valence electrons. The fourth-order valence-corrected chi connectivity index (χ4v) is 5.78. The quantitative estimate of drug-likeness (QED) is 0.330. The third kappa shape index (κ3) is 3.39. The topological polar surface area (TPSA) is 92.4 Å². The second-order valence-corrected chi connectivity index (χ2v) is 9.29. The molecule has 32 heavy (non-hydrogen) atoms. The van der Waals surface area contributed by atoms with Crippen molar-refractivity contribution in [3.63, 3.8) is 0 Å². The number of nitrogens with one attached hydrogen (secondary N) is 2. The summed E-state index contributed by atoms with van der Waals surface area (Å²) in [5.41, 5.74) is 1.84. The summed E-state index contributed by atoms with van der Waals surface area (Å²) in [6, 6.07) is 13.3. The van der Waals surface area contributed by atoms with Crippen LogP contribution in [0.3, 0.4) is 0 Å². The van der Waals surface area contributed by atoms with E-state index in [1.165, 1.54) is 18.4 Å². The molecule has 1 aliphatic rings. The number of methoxy groups -OCH3 is 1. The Hall–Kier alpha value is -3.45. The Balaban J connectivity index is 1.58. The lowest BCUT2D eigenvalue weighted by atomic mass is 9.88. The van der Waals surface area contributed by atoms with Gasteiger partial charge >= 0.3 is 5.97 Å². The van der Waals surface area contributed by atoms with Crippen molar-refractivity contribution in [3.05, 3.63) is 69.6 Å². The predicted octanol–water partition coefficient (Wildman–Crippen LogP) is 5.29. The fourth-order valence-electron chi connectivity index (χ4n) is 4.38. The van der Waals surface area contributed by atoms with E-state index in [2.05, 4.69) is 12.2 Å². The average molecular weight is 447 g/mol. The van der Waals surface area contributed by atoms with Gasteiger partial charge in [0.1, 0.15) is 16.1 Å². The van der Waals surface area contributed by atoms with Crippen LogP contribution in [0, 0.1) is 11.3 Å². The SMILES string of the molecule is COC(=O)c1c(NC(=O)c2cc3c(ccc4ccccc43)oc2=N)sc2c1CCC(C)C2. The molecule has 2 aromatic carbocycles. The molecule has 0 spiro atoms. The molecule has 0 saturated heterocycles. The van der Waals surface area contributed by atoms with Gasteiger partial charge in [-0.3, -0.25) is 10.2 Å². The van der Waals surface area contributed by atoms with Crippen molar-refractivity contribution in [3.8, 4) is 0 Å². The number of thiophene rings is 1. The molecule has 0 saturated carbocycles. The molecule has 1 atom stereocenters. The Kier molecular flexibility index (Phi) is 5.06. The number of amides is 1. The van der Waals surface area contributed by atoms with Gasteiger partial charge in [-0.1, -0.05) is 37.3 Å². The van der Waals surface area contributed by atoms with Crippen molar-refractivity contribution in [1.82, 2.24) is 0 Å². The third-order valence-electron chi connectivity index (χ3n) is 6.05. The zero-order chi connectivity index (χ0) is 22.4. The molecule has 7 heteroatoms. The van der Waals surface area contributed by atoms with Gasteiger partial charge in [0.2, 0.25) is 5.55 Å². The summed E-state index contributed by atoms with van der Waals surface area (Å²) >= 11 is 1.42.